The molecular formula is C20H26ClNO6. The molecule has 1 aromatic rings. The molecule has 7 nitrogen and oxygen atoms in total. The van der Waals surface area contributed by atoms with E-state index in [-0.39, 0.29) is 6.42 Å². The largest absolute Gasteiger partial charge is 0.444 e. The van der Waals surface area contributed by atoms with Gasteiger partial charge in [0.1, 0.15) is 5.60 Å². The zero-order valence-corrected chi connectivity index (χ0v) is 17.5. The summed E-state index contributed by atoms with van der Waals surface area (Å²) in [5.74, 6) is -3.77. The summed E-state index contributed by atoms with van der Waals surface area (Å²) in [7, 11) is 0. The van der Waals surface area contributed by atoms with E-state index in [4.69, 9.17) is 25.8 Å². The summed E-state index contributed by atoms with van der Waals surface area (Å²) < 4.78 is 15.6. The zero-order chi connectivity index (χ0) is 21.1. The maximum absolute atomic E-state index is 12.3. The van der Waals surface area contributed by atoms with Crippen molar-refractivity contribution in [2.75, 3.05) is 0 Å². The van der Waals surface area contributed by atoms with E-state index >= 15 is 0 Å². The van der Waals surface area contributed by atoms with Gasteiger partial charge in [-0.05, 0) is 51.3 Å². The molecule has 0 aliphatic carbocycles. The molecule has 8 heteroatoms. The number of halogens is 1. The number of hydrogen-bond acceptors (Lipinski definition) is 6. The van der Waals surface area contributed by atoms with Crippen LogP contribution in [0.2, 0.25) is 5.02 Å². The van der Waals surface area contributed by atoms with Gasteiger partial charge in [0.15, 0.2) is 5.92 Å². The lowest BCUT2D eigenvalue weighted by molar-refractivity contribution is -0.240. The summed E-state index contributed by atoms with van der Waals surface area (Å²) in [4.78, 5) is 36.8. The van der Waals surface area contributed by atoms with Crippen LogP contribution in [0.25, 0.3) is 0 Å². The minimum absolute atomic E-state index is 0.0234. The fourth-order valence-electron chi connectivity index (χ4n) is 2.79. The molecular weight excluding hydrogens is 386 g/mol. The average molecular weight is 412 g/mol. The number of carbonyl (C=O) groups is 3. The second-order valence-corrected chi connectivity index (χ2v) is 8.64. The van der Waals surface area contributed by atoms with Crippen molar-refractivity contribution in [1.82, 2.24) is 5.32 Å². The average Bonchev–Trinajstić information content (AvgIpc) is 2.50. The lowest BCUT2D eigenvalue weighted by Gasteiger charge is -2.34. The molecule has 1 amide bonds. The molecule has 0 saturated carbocycles. The van der Waals surface area contributed by atoms with Crippen molar-refractivity contribution in [3.63, 3.8) is 0 Å². The number of ether oxygens (including phenoxy) is 3. The van der Waals surface area contributed by atoms with Crippen molar-refractivity contribution < 1.29 is 28.6 Å². The lowest BCUT2D eigenvalue weighted by Crippen LogP contribution is -2.49. The van der Waals surface area contributed by atoms with Crippen molar-refractivity contribution in [3.8, 4) is 0 Å². The van der Waals surface area contributed by atoms with Gasteiger partial charge in [0, 0.05) is 24.9 Å². The highest BCUT2D eigenvalue weighted by Gasteiger charge is 2.44. The number of rotatable bonds is 5. The fourth-order valence-corrected chi connectivity index (χ4v) is 2.92. The van der Waals surface area contributed by atoms with Crippen molar-refractivity contribution in [2.24, 2.45) is 5.92 Å². The molecule has 1 aliphatic heterocycles. The minimum Gasteiger partial charge on any atom is -0.444 e. The molecule has 0 aromatic heterocycles. The van der Waals surface area contributed by atoms with Crippen LogP contribution < -0.4 is 5.32 Å². The van der Waals surface area contributed by atoms with Gasteiger partial charge >= 0.3 is 18.0 Å². The molecule has 154 valence electrons. The highest BCUT2D eigenvalue weighted by Crippen LogP contribution is 2.27. The number of nitrogens with one attached hydrogen (secondary N) is 1. The van der Waals surface area contributed by atoms with Gasteiger partial charge < -0.3 is 19.5 Å². The first-order chi connectivity index (χ1) is 12.8. The Bertz CT molecular complexity index is 718. The first kappa shape index (κ1) is 22.0. The number of alkyl carbamates (subject to hydrolysis) is 1. The smallest absolute Gasteiger partial charge is 0.407 e. The van der Waals surface area contributed by atoms with Gasteiger partial charge in [-0.15, -0.1) is 0 Å². The van der Waals surface area contributed by atoms with E-state index < -0.39 is 41.4 Å². The Morgan fingerprint density at radius 1 is 1.18 bits per heavy atom. The van der Waals surface area contributed by atoms with Gasteiger partial charge in [0.2, 0.25) is 0 Å². The quantitative estimate of drug-likeness (QED) is 0.587. The Balaban J connectivity index is 2.15. The second kappa shape index (κ2) is 8.39. The number of carbonyl (C=O) groups excluding carboxylic acids is 3. The second-order valence-electron chi connectivity index (χ2n) is 8.20. The monoisotopic (exact) mass is 411 g/mol. The highest BCUT2D eigenvalue weighted by molar-refractivity contribution is 6.30. The van der Waals surface area contributed by atoms with Gasteiger partial charge in [-0.3, -0.25) is 9.59 Å². The van der Waals surface area contributed by atoms with Gasteiger partial charge in [-0.1, -0.05) is 23.7 Å². The number of esters is 2. The van der Waals surface area contributed by atoms with Crippen LogP contribution in [-0.2, 0) is 30.2 Å². The summed E-state index contributed by atoms with van der Waals surface area (Å²) in [6, 6.07) is 6.53. The van der Waals surface area contributed by atoms with Crippen LogP contribution in [0.15, 0.2) is 24.3 Å². The molecule has 1 atom stereocenters. The first-order valence-corrected chi connectivity index (χ1v) is 9.42. The van der Waals surface area contributed by atoms with Crippen molar-refractivity contribution in [2.45, 2.75) is 64.9 Å². The van der Waals surface area contributed by atoms with Crippen LogP contribution in [0.3, 0.4) is 0 Å². The maximum atomic E-state index is 12.3. The Labute approximate surface area is 169 Å². The standard InChI is InChI=1S/C20H26ClNO6/c1-19(2,3)28-18(25)22-14(10-12-6-8-13(21)9-7-12)11-15-16(23)26-20(4,5)27-17(15)24/h6-9,14-15H,10-11H2,1-5H3,(H,22,25). The topological polar surface area (TPSA) is 90.9 Å². The molecule has 0 spiro atoms. The third kappa shape index (κ3) is 6.71. The summed E-state index contributed by atoms with van der Waals surface area (Å²) in [6.07, 6.45) is -0.240. The predicted molar refractivity (Wildman–Crippen MR) is 103 cm³/mol. The van der Waals surface area contributed by atoms with Gasteiger partial charge in [-0.25, -0.2) is 4.79 Å². The third-order valence-electron chi connectivity index (χ3n) is 3.90. The predicted octanol–water partition coefficient (Wildman–Crippen LogP) is 3.62. The molecule has 0 radical (unpaired) electrons. The zero-order valence-electron chi connectivity index (χ0n) is 16.7. The van der Waals surface area contributed by atoms with Gasteiger partial charge in [0.05, 0.1) is 0 Å². The van der Waals surface area contributed by atoms with Crippen LogP contribution in [0, 0.1) is 5.92 Å². The van der Waals surface area contributed by atoms with E-state index in [2.05, 4.69) is 5.32 Å². The lowest BCUT2D eigenvalue weighted by atomic mass is 9.94. The summed E-state index contributed by atoms with van der Waals surface area (Å²) in [5.41, 5.74) is 0.199. The van der Waals surface area contributed by atoms with E-state index in [9.17, 15) is 14.4 Å². The van der Waals surface area contributed by atoms with Crippen LogP contribution >= 0.6 is 11.6 Å². The Morgan fingerprint density at radius 2 is 1.71 bits per heavy atom. The highest BCUT2D eigenvalue weighted by atomic mass is 35.5. The van der Waals surface area contributed by atoms with Gasteiger partial charge in [0.25, 0.3) is 5.79 Å². The van der Waals surface area contributed by atoms with Crippen LogP contribution in [-0.4, -0.2) is 35.5 Å². The first-order valence-electron chi connectivity index (χ1n) is 9.04. The van der Waals surface area contributed by atoms with E-state index in [0.717, 1.165) is 5.56 Å². The molecule has 28 heavy (non-hydrogen) atoms. The van der Waals surface area contributed by atoms with Crippen LogP contribution in [0.1, 0.15) is 46.6 Å². The van der Waals surface area contributed by atoms with Crippen LogP contribution in [0.5, 0.6) is 0 Å². The van der Waals surface area contributed by atoms with E-state index in [1.807, 2.05) is 12.1 Å². The summed E-state index contributed by atoms with van der Waals surface area (Å²) in [6.45, 7) is 8.22. The third-order valence-corrected chi connectivity index (χ3v) is 4.15. The molecule has 1 N–H and O–H groups in total. The van der Waals surface area contributed by atoms with E-state index in [1.165, 1.54) is 13.8 Å². The normalized spacial score (nSPS) is 18.1. The van der Waals surface area contributed by atoms with Crippen molar-refractivity contribution in [1.29, 1.82) is 0 Å². The number of cyclic esters (lactones) is 2. The Morgan fingerprint density at radius 3 is 2.21 bits per heavy atom. The molecule has 2 rings (SSSR count). The molecule has 1 aliphatic rings. The molecule has 1 aromatic carbocycles. The Hall–Kier alpha value is -2.28. The summed E-state index contributed by atoms with van der Waals surface area (Å²) in [5, 5.41) is 3.32. The Kier molecular flexibility index (Phi) is 6.59. The SMILES string of the molecule is CC(C)(C)OC(=O)NC(Cc1ccc(Cl)cc1)CC1C(=O)OC(C)(C)OC1=O. The van der Waals surface area contributed by atoms with Crippen molar-refractivity contribution >= 4 is 29.6 Å². The molecule has 1 unspecified atom stereocenters. The van der Waals surface area contributed by atoms with E-state index in [1.54, 1.807) is 32.9 Å². The van der Waals surface area contributed by atoms with Gasteiger partial charge in [-0.2, -0.15) is 0 Å². The molecule has 0 bridgehead atoms. The fraction of sp³-hybridized carbons (Fsp3) is 0.550. The molecule has 1 heterocycles. The number of amides is 1. The number of benzene rings is 1. The van der Waals surface area contributed by atoms with Crippen LogP contribution in [0.4, 0.5) is 4.79 Å². The summed E-state index contributed by atoms with van der Waals surface area (Å²) >= 11 is 5.91. The van der Waals surface area contributed by atoms with Crippen molar-refractivity contribution in [3.05, 3.63) is 34.9 Å². The number of hydrogen-bond donors (Lipinski definition) is 1. The maximum Gasteiger partial charge on any atom is 0.407 e. The van der Waals surface area contributed by atoms with E-state index in [0.29, 0.717) is 11.4 Å². The molecule has 1 fully saturated rings. The minimum atomic E-state index is -1.30. The molecule has 1 saturated heterocycles.